The summed E-state index contributed by atoms with van der Waals surface area (Å²) in [6.45, 7) is 1.86. The first-order valence-corrected chi connectivity index (χ1v) is 8.05. The molecule has 0 amide bonds. The molecule has 3 atom stereocenters. The number of hydrogen-bond acceptors (Lipinski definition) is 3. The van der Waals surface area contributed by atoms with E-state index in [-0.39, 0.29) is 11.4 Å². The van der Waals surface area contributed by atoms with E-state index in [0.29, 0.717) is 5.92 Å². The van der Waals surface area contributed by atoms with Crippen molar-refractivity contribution in [3.05, 3.63) is 29.8 Å². The van der Waals surface area contributed by atoms with Gasteiger partial charge in [0.2, 0.25) is 0 Å². The summed E-state index contributed by atoms with van der Waals surface area (Å²) in [4.78, 5) is 2.58. The first kappa shape index (κ1) is 11.6. The average Bonchev–Trinajstić information content (AvgIpc) is 2.94. The minimum Gasteiger partial charge on any atom is -0.472 e. The normalized spacial score (nSPS) is 42.3. The third-order valence-corrected chi connectivity index (χ3v) is 5.95. The molecule has 20 heavy (non-hydrogen) atoms. The molecule has 3 heteroatoms. The highest BCUT2D eigenvalue weighted by molar-refractivity contribution is 5.42. The van der Waals surface area contributed by atoms with E-state index < -0.39 is 0 Å². The summed E-state index contributed by atoms with van der Waals surface area (Å²) in [7, 11) is 0. The molecule has 0 radical (unpaired) electrons. The summed E-state index contributed by atoms with van der Waals surface area (Å²) in [6, 6.07) is 8.53. The molecule has 0 unspecified atom stereocenters. The van der Waals surface area contributed by atoms with E-state index in [4.69, 9.17) is 9.47 Å². The molecular formula is C17H21NO2. The lowest BCUT2D eigenvalue weighted by atomic mass is 9.70. The van der Waals surface area contributed by atoms with Gasteiger partial charge in [-0.05, 0) is 31.7 Å². The lowest BCUT2D eigenvalue weighted by molar-refractivity contribution is -0.275. The Kier molecular flexibility index (Phi) is 2.19. The fourth-order valence-electron chi connectivity index (χ4n) is 5.18. The predicted molar refractivity (Wildman–Crippen MR) is 75.3 cm³/mol. The molecule has 3 aliphatic heterocycles. The van der Waals surface area contributed by atoms with Crippen molar-refractivity contribution >= 4 is 0 Å². The molecule has 3 fully saturated rings. The van der Waals surface area contributed by atoms with E-state index in [1.165, 1.54) is 31.2 Å². The molecule has 3 heterocycles. The van der Waals surface area contributed by atoms with Gasteiger partial charge in [0.05, 0.1) is 6.61 Å². The Balaban J connectivity index is 1.75. The van der Waals surface area contributed by atoms with Gasteiger partial charge in [-0.3, -0.25) is 0 Å². The van der Waals surface area contributed by atoms with Crippen molar-refractivity contribution in [3.8, 4) is 5.75 Å². The van der Waals surface area contributed by atoms with Crippen LogP contribution in [0, 0.1) is 5.92 Å². The van der Waals surface area contributed by atoms with Gasteiger partial charge in [0.15, 0.2) is 11.4 Å². The summed E-state index contributed by atoms with van der Waals surface area (Å²) < 4.78 is 13.0. The zero-order chi connectivity index (χ0) is 13.2. The van der Waals surface area contributed by atoms with Gasteiger partial charge in [-0.25, -0.2) is 4.90 Å². The maximum absolute atomic E-state index is 6.65. The van der Waals surface area contributed by atoms with Crippen LogP contribution in [0.25, 0.3) is 0 Å². The van der Waals surface area contributed by atoms with Crippen LogP contribution in [0.5, 0.6) is 5.75 Å². The Labute approximate surface area is 119 Å². The highest BCUT2D eigenvalue weighted by atomic mass is 16.6. The van der Waals surface area contributed by atoms with E-state index in [1.807, 2.05) is 0 Å². The number of fused-ring (bicyclic) bond motifs is 1. The number of ether oxygens (including phenoxy) is 2. The molecule has 1 saturated carbocycles. The molecule has 1 aromatic carbocycles. The van der Waals surface area contributed by atoms with E-state index >= 15 is 0 Å². The van der Waals surface area contributed by atoms with Crippen molar-refractivity contribution < 1.29 is 9.47 Å². The van der Waals surface area contributed by atoms with E-state index in [2.05, 4.69) is 29.2 Å². The summed E-state index contributed by atoms with van der Waals surface area (Å²) in [5.74, 6) is 1.75. The second kappa shape index (κ2) is 3.77. The Morgan fingerprint density at radius 2 is 2.05 bits per heavy atom. The van der Waals surface area contributed by atoms with Crippen LogP contribution in [0.1, 0.15) is 44.1 Å². The van der Waals surface area contributed by atoms with Gasteiger partial charge in [-0.1, -0.05) is 24.6 Å². The molecular weight excluding hydrogens is 250 g/mol. The summed E-state index contributed by atoms with van der Waals surface area (Å²) in [5.41, 5.74) is 0.983. The van der Waals surface area contributed by atoms with Gasteiger partial charge >= 0.3 is 0 Å². The van der Waals surface area contributed by atoms with E-state index in [9.17, 15) is 0 Å². The van der Waals surface area contributed by atoms with Crippen LogP contribution < -0.4 is 4.74 Å². The zero-order valence-corrected chi connectivity index (χ0v) is 11.8. The van der Waals surface area contributed by atoms with Gasteiger partial charge in [0, 0.05) is 24.4 Å². The molecule has 1 spiro atoms. The smallest absolute Gasteiger partial charge is 0.168 e. The van der Waals surface area contributed by atoms with Crippen LogP contribution in [-0.4, -0.2) is 23.8 Å². The lowest BCUT2D eigenvalue weighted by Crippen LogP contribution is -2.69. The largest absolute Gasteiger partial charge is 0.472 e. The first-order valence-electron chi connectivity index (χ1n) is 8.05. The van der Waals surface area contributed by atoms with Gasteiger partial charge < -0.3 is 9.47 Å². The molecule has 0 N–H and O–H groups in total. The topological polar surface area (TPSA) is 21.7 Å². The highest BCUT2D eigenvalue weighted by Crippen LogP contribution is 2.60. The fraction of sp³-hybridized carbons (Fsp3) is 0.647. The molecule has 0 aromatic heterocycles. The molecule has 2 saturated heterocycles. The number of hydrogen-bond donors (Lipinski definition) is 0. The quantitative estimate of drug-likeness (QED) is 0.723. The standard InChI is InChI=1S/C17H21NO2/c1-2-7-15-14(6-1)17-10-8-13-5-3-4-9-16(13,20-15)18(17)11-12-19-17/h1-2,6-7,13H,3-5,8-12H2/t13-,16-,17+/m1/s1. The van der Waals surface area contributed by atoms with Gasteiger partial charge in [0.1, 0.15) is 5.75 Å². The van der Waals surface area contributed by atoms with Crippen LogP contribution in [-0.2, 0) is 10.5 Å². The molecule has 3 nitrogen and oxygen atoms in total. The molecule has 1 aromatic rings. The molecule has 4 aliphatic rings. The molecule has 106 valence electrons. The second-order valence-corrected chi connectivity index (χ2v) is 6.71. The maximum atomic E-state index is 6.65. The van der Waals surface area contributed by atoms with Crippen molar-refractivity contribution in [1.82, 2.24) is 4.90 Å². The fourth-order valence-corrected chi connectivity index (χ4v) is 5.18. The first-order chi connectivity index (χ1) is 9.85. The predicted octanol–water partition coefficient (Wildman–Crippen LogP) is 3.24. The van der Waals surface area contributed by atoms with Crippen molar-refractivity contribution in [2.75, 3.05) is 13.2 Å². The van der Waals surface area contributed by atoms with Crippen LogP contribution in [0.2, 0.25) is 0 Å². The third kappa shape index (κ3) is 1.20. The van der Waals surface area contributed by atoms with Crippen LogP contribution in [0.15, 0.2) is 24.3 Å². The third-order valence-electron chi connectivity index (χ3n) is 5.95. The Morgan fingerprint density at radius 3 is 3.05 bits per heavy atom. The van der Waals surface area contributed by atoms with Gasteiger partial charge in [-0.15, -0.1) is 0 Å². The molecule has 5 rings (SSSR count). The minimum absolute atomic E-state index is 0.0820. The zero-order valence-electron chi connectivity index (χ0n) is 11.8. The van der Waals surface area contributed by atoms with Gasteiger partial charge in [0.25, 0.3) is 0 Å². The minimum atomic E-state index is -0.192. The lowest BCUT2D eigenvalue weighted by Gasteiger charge is -2.61. The van der Waals surface area contributed by atoms with Crippen molar-refractivity contribution in [2.24, 2.45) is 5.92 Å². The van der Waals surface area contributed by atoms with E-state index in [0.717, 1.165) is 31.7 Å². The molecule has 2 bridgehead atoms. The Bertz CT molecular complexity index is 560. The van der Waals surface area contributed by atoms with Gasteiger partial charge in [-0.2, -0.15) is 0 Å². The monoisotopic (exact) mass is 271 g/mol. The number of rotatable bonds is 0. The highest BCUT2D eigenvalue weighted by Gasteiger charge is 2.65. The summed E-state index contributed by atoms with van der Waals surface area (Å²) in [6.07, 6.45) is 7.49. The number of piperidine rings is 1. The average molecular weight is 271 g/mol. The van der Waals surface area contributed by atoms with Crippen molar-refractivity contribution in [1.29, 1.82) is 0 Å². The van der Waals surface area contributed by atoms with Crippen LogP contribution in [0.3, 0.4) is 0 Å². The number of benzene rings is 1. The van der Waals surface area contributed by atoms with Crippen LogP contribution >= 0.6 is 0 Å². The van der Waals surface area contributed by atoms with E-state index in [1.54, 1.807) is 0 Å². The summed E-state index contributed by atoms with van der Waals surface area (Å²) >= 11 is 0. The van der Waals surface area contributed by atoms with Crippen molar-refractivity contribution in [3.63, 3.8) is 0 Å². The second-order valence-electron chi connectivity index (χ2n) is 6.71. The summed E-state index contributed by atoms with van der Waals surface area (Å²) in [5, 5.41) is 0. The SMILES string of the molecule is c1ccc2c(c1)O[C@]13CCCC[C@@H]1CC[C@]21OCCN13. The molecule has 1 aliphatic carbocycles. The number of nitrogens with zero attached hydrogens (tertiary/aromatic N) is 1. The maximum Gasteiger partial charge on any atom is 0.168 e. The van der Waals surface area contributed by atoms with Crippen LogP contribution in [0.4, 0.5) is 0 Å². The Hall–Kier alpha value is -1.06. The number of para-hydroxylation sites is 1. The van der Waals surface area contributed by atoms with Crippen molar-refractivity contribution in [2.45, 2.75) is 50.0 Å². The Morgan fingerprint density at radius 1 is 1.10 bits per heavy atom.